The van der Waals surface area contributed by atoms with Gasteiger partial charge in [0, 0.05) is 5.39 Å². The van der Waals surface area contributed by atoms with Crippen molar-refractivity contribution in [1.82, 2.24) is 4.98 Å². The molecule has 0 unspecified atom stereocenters. The molecule has 1 aromatic carbocycles. The fourth-order valence-electron chi connectivity index (χ4n) is 1.71. The zero-order valence-corrected chi connectivity index (χ0v) is 10.8. The lowest BCUT2D eigenvalue weighted by atomic mass is 10.0. The number of nitrogens with zero attached hydrogens (tertiary/aromatic N) is 1. The minimum absolute atomic E-state index is 0.406. The number of primary amides is 1. The molecule has 1 heterocycles. The first-order valence-corrected chi connectivity index (χ1v) is 5.84. The van der Waals surface area contributed by atoms with Crippen LogP contribution in [0, 0.1) is 6.92 Å². The second kappa shape index (κ2) is 4.29. The Kier molecular flexibility index (Phi) is 2.95. The van der Waals surface area contributed by atoms with E-state index in [2.05, 4.69) is 10.3 Å². The molecule has 4 heteroatoms. The second-order valence-electron chi connectivity index (χ2n) is 4.96. The molecule has 0 saturated carbocycles. The second-order valence-corrected chi connectivity index (χ2v) is 4.96. The average Bonchev–Trinajstić information content (AvgIpc) is 2.29. The largest absolute Gasteiger partial charge is 0.368 e. The molecule has 0 bridgehead atoms. The maximum Gasteiger partial charge on any atom is 0.242 e. The molecule has 0 radical (unpaired) electrons. The molecule has 4 nitrogen and oxygen atoms in total. The Morgan fingerprint density at radius 3 is 2.67 bits per heavy atom. The number of carbonyl (C=O) groups is 1. The number of fused-ring (bicyclic) bond motifs is 1. The molecule has 0 saturated heterocycles. The molecule has 94 valence electrons. The molecule has 2 rings (SSSR count). The molecule has 1 aromatic heterocycles. The maximum absolute atomic E-state index is 11.3. The molecule has 1 amide bonds. The van der Waals surface area contributed by atoms with Crippen LogP contribution in [0.2, 0.25) is 0 Å². The number of amides is 1. The van der Waals surface area contributed by atoms with Crippen LogP contribution in [0.1, 0.15) is 19.4 Å². The smallest absolute Gasteiger partial charge is 0.242 e. The number of aromatic nitrogens is 1. The van der Waals surface area contributed by atoms with E-state index in [-0.39, 0.29) is 0 Å². The Hall–Kier alpha value is -2.10. The summed E-state index contributed by atoms with van der Waals surface area (Å²) >= 11 is 0. The topological polar surface area (TPSA) is 68.0 Å². The van der Waals surface area contributed by atoms with E-state index in [1.54, 1.807) is 13.8 Å². The minimum Gasteiger partial charge on any atom is -0.368 e. The lowest BCUT2D eigenvalue weighted by Gasteiger charge is -2.24. The number of hydrogen-bond acceptors (Lipinski definition) is 3. The van der Waals surface area contributed by atoms with Crippen molar-refractivity contribution in [2.75, 3.05) is 5.32 Å². The maximum atomic E-state index is 11.3. The third-order valence-corrected chi connectivity index (χ3v) is 2.96. The molecular weight excluding hydrogens is 226 g/mol. The zero-order valence-electron chi connectivity index (χ0n) is 10.8. The molecule has 0 aliphatic rings. The summed E-state index contributed by atoms with van der Waals surface area (Å²) < 4.78 is 0. The number of para-hydroxylation sites is 1. The van der Waals surface area contributed by atoms with E-state index in [9.17, 15) is 4.79 Å². The SMILES string of the molecule is Cc1cc2ccccc2nc1NC(C)(C)C(N)=O. The molecule has 18 heavy (non-hydrogen) atoms. The summed E-state index contributed by atoms with van der Waals surface area (Å²) in [6, 6.07) is 9.91. The highest BCUT2D eigenvalue weighted by Gasteiger charge is 2.25. The first-order valence-electron chi connectivity index (χ1n) is 5.84. The summed E-state index contributed by atoms with van der Waals surface area (Å²) in [7, 11) is 0. The van der Waals surface area contributed by atoms with E-state index in [1.165, 1.54) is 0 Å². The van der Waals surface area contributed by atoms with Crippen molar-refractivity contribution in [2.24, 2.45) is 5.73 Å². The van der Waals surface area contributed by atoms with Crippen LogP contribution in [0.3, 0.4) is 0 Å². The van der Waals surface area contributed by atoms with Crippen LogP contribution in [0.25, 0.3) is 10.9 Å². The van der Waals surface area contributed by atoms with Gasteiger partial charge in [-0.2, -0.15) is 0 Å². The summed E-state index contributed by atoms with van der Waals surface area (Å²) in [5, 5.41) is 4.17. The van der Waals surface area contributed by atoms with Gasteiger partial charge in [0.05, 0.1) is 5.52 Å². The normalized spacial score (nSPS) is 11.5. The third-order valence-electron chi connectivity index (χ3n) is 2.96. The fraction of sp³-hybridized carbons (Fsp3) is 0.286. The number of aryl methyl sites for hydroxylation is 1. The summed E-state index contributed by atoms with van der Waals surface area (Å²) in [4.78, 5) is 15.9. The quantitative estimate of drug-likeness (QED) is 0.868. The van der Waals surface area contributed by atoms with Gasteiger partial charge in [-0.3, -0.25) is 4.79 Å². The lowest BCUT2D eigenvalue weighted by molar-refractivity contribution is -0.121. The molecule has 0 aliphatic heterocycles. The number of rotatable bonds is 3. The number of pyridine rings is 1. The molecule has 0 spiro atoms. The van der Waals surface area contributed by atoms with Crippen molar-refractivity contribution < 1.29 is 4.79 Å². The summed E-state index contributed by atoms with van der Waals surface area (Å²) in [6.07, 6.45) is 0. The lowest BCUT2D eigenvalue weighted by Crippen LogP contribution is -2.45. The number of nitrogens with one attached hydrogen (secondary N) is 1. The van der Waals surface area contributed by atoms with Crippen LogP contribution in [-0.2, 0) is 4.79 Å². The number of nitrogens with two attached hydrogens (primary N) is 1. The highest BCUT2D eigenvalue weighted by molar-refractivity contribution is 5.88. The van der Waals surface area contributed by atoms with Gasteiger partial charge < -0.3 is 11.1 Å². The highest BCUT2D eigenvalue weighted by atomic mass is 16.1. The first kappa shape index (κ1) is 12.4. The van der Waals surface area contributed by atoms with E-state index >= 15 is 0 Å². The molecule has 0 fully saturated rings. The Labute approximate surface area is 106 Å². The predicted octanol–water partition coefficient (Wildman–Crippen LogP) is 2.22. The Morgan fingerprint density at radius 2 is 2.00 bits per heavy atom. The molecule has 3 N–H and O–H groups in total. The number of hydrogen-bond donors (Lipinski definition) is 2. The molecule has 2 aromatic rings. The molecule has 0 atom stereocenters. The highest BCUT2D eigenvalue weighted by Crippen LogP contribution is 2.22. The standard InChI is InChI=1S/C14H17N3O/c1-9-8-10-6-4-5-7-11(10)16-12(9)17-14(2,3)13(15)18/h4-8H,1-3H3,(H2,15,18)(H,16,17). The van der Waals surface area contributed by atoms with Crippen LogP contribution in [0.4, 0.5) is 5.82 Å². The van der Waals surface area contributed by atoms with Gasteiger partial charge in [-0.25, -0.2) is 4.98 Å². The van der Waals surface area contributed by atoms with E-state index in [0.717, 1.165) is 16.5 Å². The monoisotopic (exact) mass is 243 g/mol. The van der Waals surface area contributed by atoms with Gasteiger partial charge in [0.2, 0.25) is 5.91 Å². The zero-order chi connectivity index (χ0) is 13.3. The van der Waals surface area contributed by atoms with E-state index in [4.69, 9.17) is 5.73 Å². The van der Waals surface area contributed by atoms with Gasteiger partial charge in [-0.1, -0.05) is 18.2 Å². The van der Waals surface area contributed by atoms with Crippen LogP contribution >= 0.6 is 0 Å². The van der Waals surface area contributed by atoms with Gasteiger partial charge >= 0.3 is 0 Å². The average molecular weight is 243 g/mol. The Morgan fingerprint density at radius 1 is 1.33 bits per heavy atom. The van der Waals surface area contributed by atoms with Crippen LogP contribution in [-0.4, -0.2) is 16.4 Å². The minimum atomic E-state index is -0.819. The summed E-state index contributed by atoms with van der Waals surface area (Å²) in [5.41, 5.74) is 6.42. The first-order chi connectivity index (χ1) is 8.40. The summed E-state index contributed by atoms with van der Waals surface area (Å²) in [5.74, 6) is 0.286. The van der Waals surface area contributed by atoms with E-state index < -0.39 is 11.4 Å². The van der Waals surface area contributed by atoms with Crippen LogP contribution in [0.15, 0.2) is 30.3 Å². The fourth-order valence-corrected chi connectivity index (χ4v) is 1.71. The van der Waals surface area contributed by atoms with Crippen molar-refractivity contribution in [1.29, 1.82) is 0 Å². The van der Waals surface area contributed by atoms with Crippen molar-refractivity contribution in [3.8, 4) is 0 Å². The summed E-state index contributed by atoms with van der Waals surface area (Å²) in [6.45, 7) is 5.44. The van der Waals surface area contributed by atoms with Crippen LogP contribution < -0.4 is 11.1 Å². The van der Waals surface area contributed by atoms with Gasteiger partial charge in [-0.05, 0) is 38.5 Å². The van der Waals surface area contributed by atoms with Crippen molar-refractivity contribution in [3.63, 3.8) is 0 Å². The van der Waals surface area contributed by atoms with Gasteiger partial charge in [0.25, 0.3) is 0 Å². The van der Waals surface area contributed by atoms with E-state index in [1.807, 2.05) is 37.3 Å². The van der Waals surface area contributed by atoms with Crippen molar-refractivity contribution >= 4 is 22.6 Å². The van der Waals surface area contributed by atoms with Gasteiger partial charge in [0.1, 0.15) is 11.4 Å². The van der Waals surface area contributed by atoms with Crippen molar-refractivity contribution in [2.45, 2.75) is 26.3 Å². The molecule has 0 aliphatic carbocycles. The van der Waals surface area contributed by atoms with E-state index in [0.29, 0.717) is 5.82 Å². The number of carbonyl (C=O) groups excluding carboxylic acids is 1. The number of anilines is 1. The van der Waals surface area contributed by atoms with Gasteiger partial charge in [-0.15, -0.1) is 0 Å². The van der Waals surface area contributed by atoms with Gasteiger partial charge in [0.15, 0.2) is 0 Å². The Balaban J connectivity index is 2.45. The number of benzene rings is 1. The van der Waals surface area contributed by atoms with Crippen molar-refractivity contribution in [3.05, 3.63) is 35.9 Å². The third kappa shape index (κ3) is 2.27. The molecular formula is C14H17N3O. The van der Waals surface area contributed by atoms with Crippen LogP contribution in [0.5, 0.6) is 0 Å². The Bertz CT molecular complexity index is 605. The predicted molar refractivity (Wildman–Crippen MR) is 73.4 cm³/mol.